The molecule has 0 aliphatic heterocycles. The second kappa shape index (κ2) is 7.51. The Balaban J connectivity index is 3.81. The molecule has 0 aromatic heterocycles. The molecule has 0 saturated heterocycles. The van der Waals surface area contributed by atoms with Gasteiger partial charge in [-0.25, -0.2) is 0 Å². The number of methoxy groups -OCH3 is 1. The first kappa shape index (κ1) is 14.2. The Morgan fingerprint density at radius 2 is 2.00 bits per heavy atom. The van der Waals surface area contributed by atoms with Gasteiger partial charge in [0.25, 0.3) is 0 Å². The predicted molar refractivity (Wildman–Crippen MR) is 65.4 cm³/mol. The van der Waals surface area contributed by atoms with Crippen molar-refractivity contribution in [3.8, 4) is 0 Å². The molecule has 0 aliphatic rings. The number of unbranched alkanes of at least 4 members (excludes halogenated alkanes) is 1. The van der Waals surface area contributed by atoms with Gasteiger partial charge in [-0.1, -0.05) is 13.3 Å². The lowest BCUT2D eigenvalue weighted by atomic mass is 10.1. The second-order valence-electron chi connectivity index (χ2n) is 4.17. The maximum atomic E-state index is 5.31. The summed E-state index contributed by atoms with van der Waals surface area (Å²) in [4.78, 5) is 4.14. The molecule has 0 fully saturated rings. The van der Waals surface area contributed by atoms with Gasteiger partial charge in [0.05, 0.1) is 5.60 Å². The fraction of sp³-hybridized carbons (Fsp3) is 0.909. The summed E-state index contributed by atoms with van der Waals surface area (Å²) in [6.45, 7) is 7.96. The number of aliphatic imine (C=N–C) groups is 1. The molecule has 0 rings (SSSR count). The van der Waals surface area contributed by atoms with Crippen LogP contribution in [0.25, 0.3) is 0 Å². The van der Waals surface area contributed by atoms with E-state index in [-0.39, 0.29) is 5.60 Å². The summed E-state index contributed by atoms with van der Waals surface area (Å²) < 4.78 is 5.31. The lowest BCUT2D eigenvalue weighted by molar-refractivity contribution is 0.0268. The minimum absolute atomic E-state index is 0.164. The number of rotatable bonds is 6. The van der Waals surface area contributed by atoms with E-state index >= 15 is 0 Å². The molecule has 0 heterocycles. The third kappa shape index (κ3) is 7.19. The van der Waals surface area contributed by atoms with Gasteiger partial charge >= 0.3 is 0 Å². The van der Waals surface area contributed by atoms with Crippen molar-refractivity contribution in [3.05, 3.63) is 0 Å². The van der Waals surface area contributed by atoms with Crippen LogP contribution in [0.5, 0.6) is 0 Å². The van der Waals surface area contributed by atoms with Crippen molar-refractivity contribution in [2.24, 2.45) is 4.99 Å². The van der Waals surface area contributed by atoms with Crippen LogP contribution < -0.4 is 10.6 Å². The first-order valence-corrected chi connectivity index (χ1v) is 5.55. The summed E-state index contributed by atoms with van der Waals surface area (Å²) in [6.07, 6.45) is 2.35. The van der Waals surface area contributed by atoms with Gasteiger partial charge in [-0.15, -0.1) is 0 Å². The predicted octanol–water partition coefficient (Wildman–Crippen LogP) is 1.38. The third-order valence-electron chi connectivity index (χ3n) is 2.28. The zero-order valence-corrected chi connectivity index (χ0v) is 10.7. The highest BCUT2D eigenvalue weighted by atomic mass is 16.5. The molecule has 0 unspecified atom stereocenters. The first-order chi connectivity index (χ1) is 7.05. The lowest BCUT2D eigenvalue weighted by Gasteiger charge is -2.24. The molecule has 0 aromatic rings. The van der Waals surface area contributed by atoms with Crippen LogP contribution in [0.15, 0.2) is 4.99 Å². The van der Waals surface area contributed by atoms with E-state index in [1.165, 1.54) is 6.42 Å². The van der Waals surface area contributed by atoms with Crippen LogP contribution in [0, 0.1) is 0 Å². The molecule has 0 bridgehead atoms. The number of ether oxygens (including phenoxy) is 1. The number of hydrogen-bond acceptors (Lipinski definition) is 2. The fourth-order valence-corrected chi connectivity index (χ4v) is 0.973. The van der Waals surface area contributed by atoms with E-state index < -0.39 is 0 Å². The van der Waals surface area contributed by atoms with Crippen LogP contribution in [0.1, 0.15) is 33.6 Å². The summed E-state index contributed by atoms with van der Waals surface area (Å²) in [5.41, 5.74) is -0.164. The highest BCUT2D eigenvalue weighted by Crippen LogP contribution is 2.04. The van der Waals surface area contributed by atoms with E-state index in [0.29, 0.717) is 0 Å². The maximum absolute atomic E-state index is 5.31. The number of hydrogen-bond donors (Lipinski definition) is 2. The normalized spacial score (nSPS) is 12.7. The minimum atomic E-state index is -0.164. The van der Waals surface area contributed by atoms with Crippen molar-refractivity contribution in [2.75, 3.05) is 27.2 Å². The van der Waals surface area contributed by atoms with E-state index in [4.69, 9.17) is 4.74 Å². The van der Waals surface area contributed by atoms with Gasteiger partial charge in [0.15, 0.2) is 5.96 Å². The highest BCUT2D eigenvalue weighted by molar-refractivity contribution is 5.79. The second-order valence-corrected chi connectivity index (χ2v) is 4.17. The number of nitrogens with one attached hydrogen (secondary N) is 2. The molecule has 0 aliphatic carbocycles. The zero-order valence-electron chi connectivity index (χ0n) is 10.7. The summed E-state index contributed by atoms with van der Waals surface area (Å²) >= 11 is 0. The largest absolute Gasteiger partial charge is 0.377 e. The summed E-state index contributed by atoms with van der Waals surface area (Å²) in [6, 6.07) is 0. The third-order valence-corrected chi connectivity index (χ3v) is 2.28. The topological polar surface area (TPSA) is 45.7 Å². The minimum Gasteiger partial charge on any atom is -0.377 e. The van der Waals surface area contributed by atoms with Crippen LogP contribution in [0.2, 0.25) is 0 Å². The molecule has 0 spiro atoms. The van der Waals surface area contributed by atoms with Gasteiger partial charge in [0, 0.05) is 27.2 Å². The van der Waals surface area contributed by atoms with Crippen molar-refractivity contribution in [1.82, 2.24) is 10.6 Å². The SMILES string of the molecule is CCCCNC(=NC)NCC(C)(C)OC. The molecule has 0 amide bonds. The molecule has 15 heavy (non-hydrogen) atoms. The summed E-state index contributed by atoms with van der Waals surface area (Å²) in [7, 11) is 3.50. The van der Waals surface area contributed by atoms with Gasteiger partial charge in [-0.05, 0) is 20.3 Å². The van der Waals surface area contributed by atoms with Crippen LogP contribution >= 0.6 is 0 Å². The summed E-state index contributed by atoms with van der Waals surface area (Å²) in [5, 5.41) is 6.48. The molecular weight excluding hydrogens is 190 g/mol. The monoisotopic (exact) mass is 215 g/mol. The Morgan fingerprint density at radius 1 is 1.33 bits per heavy atom. The standard InChI is InChI=1S/C11H25N3O/c1-6-7-8-13-10(12-4)14-9-11(2,3)15-5/h6-9H2,1-5H3,(H2,12,13,14). The van der Waals surface area contributed by atoms with Crippen molar-refractivity contribution in [2.45, 2.75) is 39.2 Å². The first-order valence-electron chi connectivity index (χ1n) is 5.55. The van der Waals surface area contributed by atoms with Gasteiger partial charge in [0.1, 0.15) is 0 Å². The van der Waals surface area contributed by atoms with Gasteiger partial charge in [-0.2, -0.15) is 0 Å². The molecular formula is C11H25N3O. The van der Waals surface area contributed by atoms with Gasteiger partial charge < -0.3 is 15.4 Å². The molecule has 0 radical (unpaired) electrons. The van der Waals surface area contributed by atoms with Crippen molar-refractivity contribution < 1.29 is 4.74 Å². The number of nitrogens with zero attached hydrogens (tertiary/aromatic N) is 1. The molecule has 90 valence electrons. The van der Waals surface area contributed by atoms with E-state index in [0.717, 1.165) is 25.5 Å². The molecule has 0 saturated carbocycles. The van der Waals surface area contributed by atoms with Crippen LogP contribution in [0.3, 0.4) is 0 Å². The van der Waals surface area contributed by atoms with Crippen molar-refractivity contribution in [3.63, 3.8) is 0 Å². The lowest BCUT2D eigenvalue weighted by Crippen LogP contribution is -2.45. The Hall–Kier alpha value is -0.770. The zero-order chi connectivity index (χ0) is 11.7. The average molecular weight is 215 g/mol. The van der Waals surface area contributed by atoms with E-state index in [1.54, 1.807) is 14.2 Å². The Labute approximate surface area is 93.5 Å². The van der Waals surface area contributed by atoms with Crippen LogP contribution in [0.4, 0.5) is 0 Å². The van der Waals surface area contributed by atoms with Crippen LogP contribution in [-0.2, 0) is 4.74 Å². The van der Waals surface area contributed by atoms with Crippen LogP contribution in [-0.4, -0.2) is 38.8 Å². The Bertz CT molecular complexity index is 190. The molecule has 2 N–H and O–H groups in total. The maximum Gasteiger partial charge on any atom is 0.191 e. The molecule has 4 heteroatoms. The van der Waals surface area contributed by atoms with E-state index in [1.807, 2.05) is 13.8 Å². The Morgan fingerprint density at radius 3 is 2.47 bits per heavy atom. The quantitative estimate of drug-likeness (QED) is 0.400. The van der Waals surface area contributed by atoms with Gasteiger partial charge in [0.2, 0.25) is 0 Å². The highest BCUT2D eigenvalue weighted by Gasteiger charge is 2.16. The molecule has 4 nitrogen and oxygen atoms in total. The smallest absolute Gasteiger partial charge is 0.191 e. The van der Waals surface area contributed by atoms with E-state index in [2.05, 4.69) is 22.5 Å². The molecule has 0 aromatic carbocycles. The van der Waals surface area contributed by atoms with Gasteiger partial charge in [-0.3, -0.25) is 4.99 Å². The fourth-order valence-electron chi connectivity index (χ4n) is 0.973. The van der Waals surface area contributed by atoms with E-state index in [9.17, 15) is 0 Å². The van der Waals surface area contributed by atoms with Crippen molar-refractivity contribution >= 4 is 5.96 Å². The number of guanidine groups is 1. The van der Waals surface area contributed by atoms with Crippen molar-refractivity contribution in [1.29, 1.82) is 0 Å². The summed E-state index contributed by atoms with van der Waals surface area (Å²) in [5.74, 6) is 0.841. The average Bonchev–Trinajstić information content (AvgIpc) is 2.23. The molecule has 0 atom stereocenters. The Kier molecular flexibility index (Phi) is 7.13.